The van der Waals surface area contributed by atoms with Gasteiger partial charge in [-0.25, -0.2) is 4.79 Å². The Balaban J connectivity index is 1.71. The SMILES string of the molecule is C=C[C@]1(OCc2ccccc2)[C@H](OC(C)=O)[C@@H](n2cc(C)c(=O)[nH]c2=O)O[C@@H]1COCc1ccccc1. The highest BCUT2D eigenvalue weighted by Crippen LogP contribution is 2.43. The highest BCUT2D eigenvalue weighted by Gasteiger charge is 2.59. The van der Waals surface area contributed by atoms with Crippen LogP contribution in [0.2, 0.25) is 0 Å². The van der Waals surface area contributed by atoms with Crippen molar-refractivity contribution >= 4 is 5.97 Å². The lowest BCUT2D eigenvalue weighted by Crippen LogP contribution is -2.52. The minimum atomic E-state index is -1.37. The standard InChI is InChI=1S/C28H30N2O7/c1-4-28(35-17-22-13-9-6-10-14-22)23(18-34-16-21-11-7-5-8-12-21)37-26(24(28)36-20(3)31)30-15-19(2)25(32)29-27(30)33/h4-15,23-24,26H,1,16-18H2,2-3H3,(H,29,32,33)/t23-,24-,26+,28-/m1/s1. The lowest BCUT2D eigenvalue weighted by molar-refractivity contribution is -0.167. The van der Waals surface area contributed by atoms with Crippen molar-refractivity contribution in [2.45, 2.75) is 51.1 Å². The van der Waals surface area contributed by atoms with Gasteiger partial charge >= 0.3 is 11.7 Å². The van der Waals surface area contributed by atoms with Crippen LogP contribution in [0.3, 0.4) is 0 Å². The molecule has 37 heavy (non-hydrogen) atoms. The molecule has 194 valence electrons. The van der Waals surface area contributed by atoms with Gasteiger partial charge in [-0.05, 0) is 18.1 Å². The van der Waals surface area contributed by atoms with E-state index >= 15 is 0 Å². The first-order valence-electron chi connectivity index (χ1n) is 11.9. The van der Waals surface area contributed by atoms with Crippen LogP contribution in [0.4, 0.5) is 0 Å². The molecule has 0 amide bonds. The molecule has 1 saturated heterocycles. The van der Waals surface area contributed by atoms with Gasteiger partial charge in [-0.2, -0.15) is 0 Å². The third-order valence-electron chi connectivity index (χ3n) is 6.26. The zero-order valence-corrected chi connectivity index (χ0v) is 20.8. The van der Waals surface area contributed by atoms with Crippen LogP contribution in [0.25, 0.3) is 0 Å². The molecular weight excluding hydrogens is 476 g/mol. The van der Waals surface area contributed by atoms with E-state index in [0.717, 1.165) is 11.1 Å². The maximum atomic E-state index is 12.8. The van der Waals surface area contributed by atoms with Crippen LogP contribution in [-0.2, 0) is 37.0 Å². The number of hydrogen-bond acceptors (Lipinski definition) is 7. The van der Waals surface area contributed by atoms with Crippen molar-refractivity contribution < 1.29 is 23.7 Å². The number of esters is 1. The monoisotopic (exact) mass is 506 g/mol. The second kappa shape index (κ2) is 11.5. The molecule has 9 nitrogen and oxygen atoms in total. The summed E-state index contributed by atoms with van der Waals surface area (Å²) in [6, 6.07) is 19.1. The molecule has 3 aromatic rings. The summed E-state index contributed by atoms with van der Waals surface area (Å²) in [5.41, 5.74) is -0.439. The fourth-order valence-electron chi connectivity index (χ4n) is 4.36. The smallest absolute Gasteiger partial charge is 0.330 e. The van der Waals surface area contributed by atoms with Gasteiger partial charge in [0.1, 0.15) is 6.10 Å². The van der Waals surface area contributed by atoms with Crippen molar-refractivity contribution in [3.63, 3.8) is 0 Å². The summed E-state index contributed by atoms with van der Waals surface area (Å²) >= 11 is 0. The number of rotatable bonds is 10. The van der Waals surface area contributed by atoms with Gasteiger partial charge in [0.25, 0.3) is 5.56 Å². The predicted octanol–water partition coefficient (Wildman–Crippen LogP) is 3.03. The van der Waals surface area contributed by atoms with Crippen molar-refractivity contribution in [1.29, 1.82) is 0 Å². The summed E-state index contributed by atoms with van der Waals surface area (Å²) in [6.45, 7) is 7.35. The van der Waals surface area contributed by atoms with Crippen LogP contribution in [0.5, 0.6) is 0 Å². The molecule has 1 aromatic heterocycles. The third kappa shape index (κ3) is 5.80. The lowest BCUT2D eigenvalue weighted by Gasteiger charge is -2.35. The van der Waals surface area contributed by atoms with Crippen LogP contribution in [0.15, 0.2) is 89.1 Å². The van der Waals surface area contributed by atoms with E-state index in [1.54, 1.807) is 6.92 Å². The second-order valence-electron chi connectivity index (χ2n) is 8.86. The number of nitrogens with one attached hydrogen (secondary N) is 1. The Labute approximate surface area is 214 Å². The van der Waals surface area contributed by atoms with Crippen molar-refractivity contribution in [2.24, 2.45) is 0 Å². The number of carbonyl (C=O) groups is 1. The average molecular weight is 507 g/mol. The molecule has 0 bridgehead atoms. The Kier molecular flexibility index (Phi) is 8.17. The molecule has 1 aliphatic rings. The van der Waals surface area contributed by atoms with Crippen LogP contribution < -0.4 is 11.2 Å². The topological polar surface area (TPSA) is 109 Å². The molecule has 4 rings (SSSR count). The van der Waals surface area contributed by atoms with E-state index in [2.05, 4.69) is 11.6 Å². The first-order chi connectivity index (χ1) is 17.8. The number of aromatic nitrogens is 2. The summed E-state index contributed by atoms with van der Waals surface area (Å²) < 4.78 is 25.6. The maximum absolute atomic E-state index is 12.8. The molecule has 2 aromatic carbocycles. The van der Waals surface area contributed by atoms with E-state index < -0.39 is 41.3 Å². The maximum Gasteiger partial charge on any atom is 0.330 e. The third-order valence-corrected chi connectivity index (χ3v) is 6.26. The zero-order chi connectivity index (χ0) is 26.4. The largest absolute Gasteiger partial charge is 0.454 e. The number of H-pyrrole nitrogens is 1. The Hall–Kier alpha value is -3.79. The van der Waals surface area contributed by atoms with Gasteiger partial charge < -0.3 is 18.9 Å². The normalized spacial score (nSPS) is 23.0. The molecule has 9 heteroatoms. The molecule has 0 spiro atoms. The molecule has 1 aliphatic heterocycles. The van der Waals surface area contributed by atoms with Gasteiger partial charge in [0.2, 0.25) is 0 Å². The van der Waals surface area contributed by atoms with E-state index in [-0.39, 0.29) is 13.2 Å². The Bertz CT molecular complexity index is 1340. The molecule has 0 aliphatic carbocycles. The van der Waals surface area contributed by atoms with Crippen molar-refractivity contribution in [3.05, 3.63) is 117 Å². The van der Waals surface area contributed by atoms with Crippen LogP contribution in [-0.4, -0.2) is 39.9 Å². The Morgan fingerprint density at radius 2 is 1.70 bits per heavy atom. The average Bonchev–Trinajstić information content (AvgIpc) is 3.18. The zero-order valence-electron chi connectivity index (χ0n) is 20.8. The van der Waals surface area contributed by atoms with Crippen molar-refractivity contribution in [1.82, 2.24) is 9.55 Å². The van der Waals surface area contributed by atoms with Gasteiger partial charge in [0, 0.05) is 18.7 Å². The Morgan fingerprint density at radius 1 is 1.08 bits per heavy atom. The number of nitrogens with zero attached hydrogens (tertiary/aromatic N) is 1. The van der Waals surface area contributed by atoms with E-state index in [1.807, 2.05) is 60.7 Å². The molecule has 0 saturated carbocycles. The van der Waals surface area contributed by atoms with Crippen LogP contribution in [0, 0.1) is 6.92 Å². The second-order valence-corrected chi connectivity index (χ2v) is 8.86. The number of aryl methyl sites for hydroxylation is 1. The molecule has 1 fully saturated rings. The van der Waals surface area contributed by atoms with Crippen LogP contribution >= 0.6 is 0 Å². The van der Waals surface area contributed by atoms with E-state index in [0.29, 0.717) is 12.2 Å². The Morgan fingerprint density at radius 3 is 2.30 bits per heavy atom. The first kappa shape index (κ1) is 26.3. The summed E-state index contributed by atoms with van der Waals surface area (Å²) in [5.74, 6) is -0.590. The molecule has 0 unspecified atom stereocenters. The van der Waals surface area contributed by atoms with Gasteiger partial charge in [-0.3, -0.25) is 19.1 Å². The number of carbonyl (C=O) groups excluding carboxylic acids is 1. The van der Waals surface area contributed by atoms with Gasteiger partial charge in [0.15, 0.2) is 17.9 Å². The van der Waals surface area contributed by atoms with Crippen LogP contribution in [0.1, 0.15) is 29.8 Å². The summed E-state index contributed by atoms with van der Waals surface area (Å²) in [7, 11) is 0. The summed E-state index contributed by atoms with van der Waals surface area (Å²) in [5, 5.41) is 0. The number of ether oxygens (including phenoxy) is 4. The highest BCUT2D eigenvalue weighted by atomic mass is 16.6. The molecular formula is C28H30N2O7. The summed E-state index contributed by atoms with van der Waals surface area (Å²) in [4.78, 5) is 39.3. The highest BCUT2D eigenvalue weighted by molar-refractivity contribution is 5.66. The minimum Gasteiger partial charge on any atom is -0.454 e. The predicted molar refractivity (Wildman–Crippen MR) is 136 cm³/mol. The van der Waals surface area contributed by atoms with E-state index in [1.165, 1.54) is 23.8 Å². The fourth-order valence-corrected chi connectivity index (χ4v) is 4.36. The van der Waals surface area contributed by atoms with E-state index in [4.69, 9.17) is 18.9 Å². The number of aromatic amines is 1. The fraction of sp³-hybridized carbons (Fsp3) is 0.321. The number of benzene rings is 2. The minimum absolute atomic E-state index is 0.0566. The molecule has 1 N–H and O–H groups in total. The van der Waals surface area contributed by atoms with Crippen molar-refractivity contribution in [2.75, 3.05) is 6.61 Å². The molecule has 0 radical (unpaired) electrons. The quantitative estimate of drug-likeness (QED) is 0.333. The van der Waals surface area contributed by atoms with Gasteiger partial charge in [0.05, 0.1) is 19.8 Å². The first-order valence-corrected chi connectivity index (χ1v) is 11.9. The number of hydrogen-bond donors (Lipinski definition) is 1. The molecule has 4 atom stereocenters. The van der Waals surface area contributed by atoms with Gasteiger partial charge in [-0.1, -0.05) is 73.3 Å². The van der Waals surface area contributed by atoms with E-state index in [9.17, 15) is 14.4 Å². The summed E-state index contributed by atoms with van der Waals surface area (Å²) in [6.07, 6.45) is -0.0963. The van der Waals surface area contributed by atoms with Crippen molar-refractivity contribution in [3.8, 4) is 0 Å². The van der Waals surface area contributed by atoms with Gasteiger partial charge in [-0.15, -0.1) is 0 Å². The molecule has 2 heterocycles. The lowest BCUT2D eigenvalue weighted by atomic mass is 9.91.